The molecule has 2 aliphatic heterocycles. The summed E-state index contributed by atoms with van der Waals surface area (Å²) in [5.74, 6) is 3.19. The number of hydrogen-bond donors (Lipinski definition) is 0. The molecule has 0 fully saturated rings. The number of rotatable bonds is 8. The largest absolute Gasteiger partial charge is 0.481 e. The quantitative estimate of drug-likeness (QED) is 0.152. The van der Waals surface area contributed by atoms with E-state index in [1.165, 1.54) is 61.4 Å². The summed E-state index contributed by atoms with van der Waals surface area (Å²) in [7, 11) is 0. The Morgan fingerprint density at radius 3 is 2.22 bits per heavy atom. The molecular formula is C71H66N2O3. The maximum atomic E-state index is 7.53. The molecule has 0 amide bonds. The molecule has 8 unspecified atom stereocenters. The second-order valence-corrected chi connectivity index (χ2v) is 23.5. The molecular weight excluding hydrogens is 929 g/mol. The fourth-order valence-electron chi connectivity index (χ4n) is 14.1. The van der Waals surface area contributed by atoms with Crippen LogP contribution in [-0.4, -0.2) is 16.6 Å². The van der Waals surface area contributed by atoms with Crippen molar-refractivity contribution >= 4 is 49.8 Å². The van der Waals surface area contributed by atoms with E-state index < -0.39 is 5.60 Å². The van der Waals surface area contributed by atoms with E-state index in [1.807, 2.05) is 0 Å². The zero-order valence-electron chi connectivity index (χ0n) is 44.8. The van der Waals surface area contributed by atoms with Gasteiger partial charge >= 0.3 is 0 Å². The molecule has 6 aromatic carbocycles. The number of fused-ring (bicyclic) bond motifs is 10. The lowest BCUT2D eigenvalue weighted by Crippen LogP contribution is -2.41. The average molecular weight is 995 g/mol. The van der Waals surface area contributed by atoms with Crippen LogP contribution < -0.4 is 14.4 Å². The van der Waals surface area contributed by atoms with E-state index in [1.54, 1.807) is 0 Å². The molecule has 0 saturated heterocycles. The van der Waals surface area contributed by atoms with Crippen LogP contribution in [0, 0.1) is 30.1 Å². The Morgan fingerprint density at radius 2 is 1.45 bits per heavy atom. The van der Waals surface area contributed by atoms with Crippen LogP contribution in [0.5, 0.6) is 11.5 Å². The van der Waals surface area contributed by atoms with Gasteiger partial charge in [0.25, 0.3) is 0 Å². The van der Waals surface area contributed by atoms with Crippen molar-refractivity contribution in [2.24, 2.45) is 23.2 Å². The number of furan rings is 1. The third kappa shape index (κ3) is 7.47. The molecule has 3 heterocycles. The first kappa shape index (κ1) is 46.7. The number of para-hydroxylation sites is 1. The molecule has 0 bridgehead atoms. The summed E-state index contributed by atoms with van der Waals surface area (Å²) in [5, 5.41) is 4.48. The monoisotopic (exact) mass is 995 g/mol. The molecule has 7 aromatic rings. The minimum absolute atomic E-state index is 0.0259. The molecule has 5 nitrogen and oxygen atoms in total. The summed E-state index contributed by atoms with van der Waals surface area (Å²) in [5.41, 5.74) is 17.0. The first-order valence-corrected chi connectivity index (χ1v) is 27.8. The van der Waals surface area contributed by atoms with Crippen LogP contribution >= 0.6 is 0 Å². The molecule has 0 saturated carbocycles. The van der Waals surface area contributed by atoms with Gasteiger partial charge in [-0.05, 0) is 164 Å². The van der Waals surface area contributed by atoms with Gasteiger partial charge in [-0.2, -0.15) is 0 Å². The predicted octanol–water partition coefficient (Wildman–Crippen LogP) is 18.9. The minimum atomic E-state index is -0.612. The van der Waals surface area contributed by atoms with Gasteiger partial charge in [-0.15, -0.1) is 0 Å². The van der Waals surface area contributed by atoms with Gasteiger partial charge in [0, 0.05) is 84.8 Å². The van der Waals surface area contributed by atoms with Crippen molar-refractivity contribution in [3.63, 3.8) is 0 Å². The highest BCUT2D eigenvalue weighted by Crippen LogP contribution is 2.62. The van der Waals surface area contributed by atoms with E-state index in [-0.39, 0.29) is 29.3 Å². The topological polar surface area (TPSA) is 38.1 Å². The third-order valence-corrected chi connectivity index (χ3v) is 17.9. The molecule has 5 aliphatic carbocycles. The SMILES string of the molecule is CC1=C(N(C2=CCC(C)(C3=CCC(C)C=C3)C=C2)C2=CC3(C)Oc4c(cc5cc6c(oc7cc(N(c8ccc(-c9ccccc9)cc8)c8ccccc8C)ccc76)c6c5c4OC4C=CC=CC64)C3C(C)C2)C=CC(C)C1. The second kappa shape index (κ2) is 17.7. The molecule has 0 radical (unpaired) electrons. The fraction of sp³-hybridized carbons (Fsp3) is 0.268. The summed E-state index contributed by atoms with van der Waals surface area (Å²) in [6.45, 7) is 16.3. The molecule has 378 valence electrons. The molecule has 1 aromatic heterocycles. The Bertz CT molecular complexity index is 3850. The van der Waals surface area contributed by atoms with Gasteiger partial charge in [-0.1, -0.05) is 143 Å². The summed E-state index contributed by atoms with van der Waals surface area (Å²) in [4.78, 5) is 4.94. The summed E-state index contributed by atoms with van der Waals surface area (Å²) >= 11 is 0. The van der Waals surface area contributed by atoms with Crippen molar-refractivity contribution < 1.29 is 13.9 Å². The van der Waals surface area contributed by atoms with Gasteiger partial charge in [0.15, 0.2) is 11.5 Å². The average Bonchev–Trinajstić information content (AvgIpc) is 4.16. The van der Waals surface area contributed by atoms with Crippen molar-refractivity contribution in [2.45, 2.75) is 97.7 Å². The van der Waals surface area contributed by atoms with Crippen molar-refractivity contribution in [3.8, 4) is 22.6 Å². The van der Waals surface area contributed by atoms with Gasteiger partial charge in [0.1, 0.15) is 22.9 Å². The Balaban J connectivity index is 0.877. The predicted molar refractivity (Wildman–Crippen MR) is 314 cm³/mol. The third-order valence-electron chi connectivity index (χ3n) is 17.9. The maximum Gasteiger partial charge on any atom is 0.170 e. The number of allylic oxidation sites excluding steroid dienone is 13. The summed E-state index contributed by atoms with van der Waals surface area (Å²) in [6.07, 6.45) is 34.4. The molecule has 7 aliphatic rings. The zero-order chi connectivity index (χ0) is 51.6. The van der Waals surface area contributed by atoms with Crippen LogP contribution in [0.2, 0.25) is 0 Å². The Morgan fingerprint density at radius 1 is 0.671 bits per heavy atom. The van der Waals surface area contributed by atoms with E-state index in [0.717, 1.165) is 81.6 Å². The fourth-order valence-corrected chi connectivity index (χ4v) is 14.1. The number of benzene rings is 6. The smallest absolute Gasteiger partial charge is 0.170 e. The zero-order valence-corrected chi connectivity index (χ0v) is 44.8. The van der Waals surface area contributed by atoms with E-state index in [9.17, 15) is 0 Å². The van der Waals surface area contributed by atoms with Crippen LogP contribution in [0.4, 0.5) is 17.1 Å². The first-order chi connectivity index (χ1) is 36.9. The first-order valence-electron chi connectivity index (χ1n) is 27.8. The normalized spacial score (nSPS) is 26.9. The van der Waals surface area contributed by atoms with Crippen molar-refractivity contribution in [1.29, 1.82) is 0 Å². The number of hydrogen-bond acceptors (Lipinski definition) is 5. The van der Waals surface area contributed by atoms with Gasteiger partial charge < -0.3 is 23.7 Å². The Hall–Kier alpha value is -7.76. The van der Waals surface area contributed by atoms with Crippen molar-refractivity contribution in [2.75, 3.05) is 4.90 Å². The van der Waals surface area contributed by atoms with Crippen LogP contribution in [-0.2, 0) is 0 Å². The van der Waals surface area contributed by atoms with Crippen LogP contribution in [0.3, 0.4) is 0 Å². The molecule has 8 atom stereocenters. The lowest BCUT2D eigenvalue weighted by Gasteiger charge is -2.43. The van der Waals surface area contributed by atoms with Crippen LogP contribution in [0.1, 0.15) is 95.8 Å². The standard InChI is InChI=1S/C71H66N2O3/c1-43-21-26-51(27-22-43)70(6)35-33-53(34-36-70)73(61-32-23-44(2)37-46(61)4)55-38-47(5)66-59-40-50-39-58-56-31-30-54(72(60-19-13-11-15-45(60)3)52-28-24-49(25-29-52)48-16-9-8-10-17-48)41-63(56)75-67(58)65-57-18-12-14-20-62(57)74-69(64(50)65)68(59)76-71(66,7)42-55/h8-21,23-35,39-44,47,57,62,66H,22,36-38H2,1-7H3. The number of nitrogens with zero attached hydrogens (tertiary/aromatic N) is 2. The molecule has 5 heteroatoms. The number of aryl methyl sites for hydroxylation is 1. The van der Waals surface area contributed by atoms with E-state index in [0.29, 0.717) is 11.8 Å². The van der Waals surface area contributed by atoms with E-state index in [2.05, 4.69) is 246 Å². The molecule has 0 N–H and O–H groups in total. The lowest BCUT2D eigenvalue weighted by atomic mass is 9.70. The van der Waals surface area contributed by atoms with Crippen molar-refractivity contribution in [3.05, 3.63) is 233 Å². The van der Waals surface area contributed by atoms with Crippen LogP contribution in [0.25, 0.3) is 43.8 Å². The van der Waals surface area contributed by atoms with Gasteiger partial charge in [-0.25, -0.2) is 0 Å². The summed E-state index contributed by atoms with van der Waals surface area (Å²) < 4.78 is 22.0. The molecule has 0 spiro atoms. The maximum absolute atomic E-state index is 7.53. The lowest BCUT2D eigenvalue weighted by molar-refractivity contribution is 0.0982. The van der Waals surface area contributed by atoms with Gasteiger partial charge in [0.05, 0.1) is 0 Å². The molecule has 14 rings (SSSR count). The van der Waals surface area contributed by atoms with E-state index in [4.69, 9.17) is 13.9 Å². The van der Waals surface area contributed by atoms with Gasteiger partial charge in [-0.3, -0.25) is 0 Å². The Kier molecular flexibility index (Phi) is 10.9. The highest BCUT2D eigenvalue weighted by molar-refractivity contribution is 6.15. The second-order valence-electron chi connectivity index (χ2n) is 23.5. The molecule has 76 heavy (non-hydrogen) atoms. The number of ether oxygens (including phenoxy) is 2. The van der Waals surface area contributed by atoms with Crippen molar-refractivity contribution in [1.82, 2.24) is 4.90 Å². The number of anilines is 3. The minimum Gasteiger partial charge on any atom is -0.481 e. The highest BCUT2D eigenvalue weighted by atomic mass is 16.5. The van der Waals surface area contributed by atoms with E-state index >= 15 is 0 Å². The highest BCUT2D eigenvalue weighted by Gasteiger charge is 2.52. The summed E-state index contributed by atoms with van der Waals surface area (Å²) in [6, 6.07) is 39.7. The van der Waals surface area contributed by atoms with Crippen LogP contribution in [0.15, 0.2) is 221 Å². The Labute approximate surface area is 447 Å². The van der Waals surface area contributed by atoms with Gasteiger partial charge in [0.2, 0.25) is 0 Å².